The van der Waals surface area contributed by atoms with Crippen molar-refractivity contribution in [2.45, 2.75) is 13.5 Å². The second kappa shape index (κ2) is 5.57. The monoisotopic (exact) mass is 279 g/mol. The number of nitrogens with one attached hydrogen (secondary N) is 1. The highest BCUT2D eigenvalue weighted by Gasteiger charge is 2.21. The molecule has 0 saturated carbocycles. The summed E-state index contributed by atoms with van der Waals surface area (Å²) < 4.78 is 0. The highest BCUT2D eigenvalue weighted by Crippen LogP contribution is 2.26. The zero-order valence-electron chi connectivity index (χ0n) is 10.00. The van der Waals surface area contributed by atoms with E-state index in [1.165, 1.54) is 6.92 Å². The number of nitro groups is 1. The van der Waals surface area contributed by atoms with Crippen LogP contribution in [0.25, 0.3) is 0 Å². The minimum absolute atomic E-state index is 0.0308. The predicted molar refractivity (Wildman–Crippen MR) is 70.0 cm³/mol. The summed E-state index contributed by atoms with van der Waals surface area (Å²) in [6, 6.07) is 3.63. The van der Waals surface area contributed by atoms with Gasteiger partial charge in [0.2, 0.25) is 11.1 Å². The van der Waals surface area contributed by atoms with Crippen molar-refractivity contribution < 1.29 is 4.92 Å². The van der Waals surface area contributed by atoms with Gasteiger partial charge in [-0.25, -0.2) is 4.98 Å². The molecule has 0 bridgehead atoms. The van der Waals surface area contributed by atoms with Gasteiger partial charge in [-0.15, -0.1) is 0 Å². The minimum atomic E-state index is -0.531. The van der Waals surface area contributed by atoms with E-state index in [4.69, 9.17) is 11.6 Å². The maximum absolute atomic E-state index is 11.0. The summed E-state index contributed by atoms with van der Waals surface area (Å²) in [5.74, 6) is 0.103. The van der Waals surface area contributed by atoms with E-state index in [0.29, 0.717) is 6.54 Å². The van der Waals surface area contributed by atoms with E-state index in [-0.39, 0.29) is 22.5 Å². The fraction of sp³-hybridized carbons (Fsp3) is 0.182. The van der Waals surface area contributed by atoms with Gasteiger partial charge in [-0.1, -0.05) is 6.07 Å². The SMILES string of the molecule is Cc1nc(Cl)nc(NCc2cccnc2)c1[N+](=O)[O-]. The summed E-state index contributed by atoms with van der Waals surface area (Å²) >= 11 is 5.71. The summed E-state index contributed by atoms with van der Waals surface area (Å²) in [6.45, 7) is 1.88. The maximum Gasteiger partial charge on any atom is 0.332 e. The second-order valence-electron chi connectivity index (χ2n) is 3.75. The standard InChI is InChI=1S/C11H10ClN5O2/c1-7-9(17(18)19)10(16-11(12)15-7)14-6-8-3-2-4-13-5-8/h2-5H,6H2,1H3,(H,14,15,16). The number of aromatic nitrogens is 3. The Bertz CT molecular complexity index is 606. The first-order valence-corrected chi connectivity index (χ1v) is 5.77. The van der Waals surface area contributed by atoms with Gasteiger partial charge in [0.25, 0.3) is 0 Å². The van der Waals surface area contributed by atoms with Crippen molar-refractivity contribution in [3.05, 3.63) is 51.2 Å². The Morgan fingerprint density at radius 1 is 1.47 bits per heavy atom. The molecule has 0 aromatic carbocycles. The molecule has 0 aliphatic heterocycles. The normalized spacial score (nSPS) is 10.2. The Morgan fingerprint density at radius 3 is 2.89 bits per heavy atom. The quantitative estimate of drug-likeness (QED) is 0.524. The number of hydrogen-bond acceptors (Lipinski definition) is 6. The number of rotatable bonds is 4. The van der Waals surface area contributed by atoms with Crippen LogP contribution in [0.5, 0.6) is 0 Å². The molecule has 0 fully saturated rings. The first kappa shape index (κ1) is 13.2. The minimum Gasteiger partial charge on any atom is -0.360 e. The molecule has 0 saturated heterocycles. The van der Waals surface area contributed by atoms with Crippen molar-refractivity contribution in [2.75, 3.05) is 5.32 Å². The van der Waals surface area contributed by atoms with Crippen molar-refractivity contribution >= 4 is 23.1 Å². The molecule has 0 spiro atoms. The fourth-order valence-electron chi connectivity index (χ4n) is 1.56. The molecule has 0 aliphatic carbocycles. The first-order valence-electron chi connectivity index (χ1n) is 5.39. The van der Waals surface area contributed by atoms with Crippen molar-refractivity contribution in [3.8, 4) is 0 Å². The molecule has 2 rings (SSSR count). The van der Waals surface area contributed by atoms with Crippen LogP contribution in [0.1, 0.15) is 11.3 Å². The zero-order valence-corrected chi connectivity index (χ0v) is 10.8. The lowest BCUT2D eigenvalue weighted by Crippen LogP contribution is -2.07. The van der Waals surface area contributed by atoms with Gasteiger partial charge in [-0.2, -0.15) is 4.98 Å². The van der Waals surface area contributed by atoms with E-state index in [9.17, 15) is 10.1 Å². The van der Waals surface area contributed by atoms with Crippen LogP contribution in [0.15, 0.2) is 24.5 Å². The summed E-state index contributed by atoms with van der Waals surface area (Å²) in [5, 5.41) is 13.8. The smallest absolute Gasteiger partial charge is 0.332 e. The molecule has 7 nitrogen and oxygen atoms in total. The van der Waals surface area contributed by atoms with Crippen LogP contribution < -0.4 is 5.32 Å². The highest BCUT2D eigenvalue weighted by atomic mass is 35.5. The Balaban J connectivity index is 2.27. The largest absolute Gasteiger partial charge is 0.360 e. The number of pyridine rings is 1. The molecule has 1 N–H and O–H groups in total. The lowest BCUT2D eigenvalue weighted by Gasteiger charge is -2.07. The molecular weight excluding hydrogens is 270 g/mol. The summed E-state index contributed by atoms with van der Waals surface area (Å²) in [5.41, 5.74) is 0.927. The summed E-state index contributed by atoms with van der Waals surface area (Å²) in [6.07, 6.45) is 3.31. The molecule has 0 unspecified atom stereocenters. The molecule has 19 heavy (non-hydrogen) atoms. The molecule has 2 heterocycles. The van der Waals surface area contributed by atoms with Gasteiger partial charge < -0.3 is 5.32 Å². The van der Waals surface area contributed by atoms with Crippen LogP contribution in [0.3, 0.4) is 0 Å². The number of aryl methyl sites for hydroxylation is 1. The number of hydrogen-bond donors (Lipinski definition) is 1. The van der Waals surface area contributed by atoms with Crippen LogP contribution in [0.2, 0.25) is 5.28 Å². The van der Waals surface area contributed by atoms with Gasteiger partial charge in [0.05, 0.1) is 4.92 Å². The van der Waals surface area contributed by atoms with Gasteiger partial charge in [-0.05, 0) is 30.2 Å². The maximum atomic E-state index is 11.0. The van der Waals surface area contributed by atoms with Crippen molar-refractivity contribution in [2.24, 2.45) is 0 Å². The predicted octanol–water partition coefficient (Wildman–Crippen LogP) is 2.35. The van der Waals surface area contributed by atoms with E-state index >= 15 is 0 Å². The average Bonchev–Trinajstić information content (AvgIpc) is 2.36. The molecular formula is C11H10ClN5O2. The van der Waals surface area contributed by atoms with Crippen LogP contribution in [-0.2, 0) is 6.54 Å². The van der Waals surface area contributed by atoms with Crippen molar-refractivity contribution in [1.29, 1.82) is 0 Å². The van der Waals surface area contributed by atoms with Gasteiger partial charge in [-0.3, -0.25) is 15.1 Å². The number of halogens is 1. The molecule has 2 aromatic heterocycles. The van der Waals surface area contributed by atoms with Gasteiger partial charge in [0.1, 0.15) is 5.69 Å². The number of nitrogens with zero attached hydrogens (tertiary/aromatic N) is 4. The van der Waals surface area contributed by atoms with Gasteiger partial charge in [0, 0.05) is 18.9 Å². The highest BCUT2D eigenvalue weighted by molar-refractivity contribution is 6.28. The third kappa shape index (κ3) is 3.14. The van der Waals surface area contributed by atoms with Crippen LogP contribution in [0.4, 0.5) is 11.5 Å². The third-order valence-electron chi connectivity index (χ3n) is 2.40. The molecule has 0 amide bonds. The van der Waals surface area contributed by atoms with Crippen molar-refractivity contribution in [1.82, 2.24) is 15.0 Å². The lowest BCUT2D eigenvalue weighted by atomic mass is 10.3. The Kier molecular flexibility index (Phi) is 3.86. The first-order chi connectivity index (χ1) is 9.08. The van der Waals surface area contributed by atoms with E-state index < -0.39 is 4.92 Å². The van der Waals surface area contributed by atoms with Crippen LogP contribution in [-0.4, -0.2) is 19.9 Å². The van der Waals surface area contributed by atoms with Gasteiger partial charge in [0.15, 0.2) is 0 Å². The van der Waals surface area contributed by atoms with Crippen molar-refractivity contribution in [3.63, 3.8) is 0 Å². The molecule has 0 radical (unpaired) electrons. The van der Waals surface area contributed by atoms with E-state index in [0.717, 1.165) is 5.56 Å². The van der Waals surface area contributed by atoms with E-state index in [1.54, 1.807) is 18.5 Å². The fourth-order valence-corrected chi connectivity index (χ4v) is 1.77. The second-order valence-corrected chi connectivity index (χ2v) is 4.09. The zero-order chi connectivity index (χ0) is 13.8. The third-order valence-corrected chi connectivity index (χ3v) is 2.57. The Hall–Kier alpha value is -2.28. The molecule has 2 aromatic rings. The summed E-state index contributed by atoms with van der Waals surface area (Å²) in [4.78, 5) is 22.0. The number of anilines is 1. The molecule has 0 aliphatic rings. The van der Waals surface area contributed by atoms with E-state index in [1.807, 2.05) is 6.07 Å². The van der Waals surface area contributed by atoms with E-state index in [2.05, 4.69) is 20.3 Å². The average molecular weight is 280 g/mol. The Labute approximate surface area is 113 Å². The molecule has 98 valence electrons. The lowest BCUT2D eigenvalue weighted by molar-refractivity contribution is -0.385. The Morgan fingerprint density at radius 2 is 2.26 bits per heavy atom. The van der Waals surface area contributed by atoms with Gasteiger partial charge >= 0.3 is 5.69 Å². The molecule has 8 heteroatoms. The summed E-state index contributed by atoms with van der Waals surface area (Å²) in [7, 11) is 0. The van der Waals surface area contributed by atoms with Crippen LogP contribution in [0, 0.1) is 17.0 Å². The van der Waals surface area contributed by atoms with Crippen LogP contribution >= 0.6 is 11.6 Å². The molecule has 0 atom stereocenters. The topological polar surface area (TPSA) is 93.8 Å².